The second kappa shape index (κ2) is 6.55. The van der Waals surface area contributed by atoms with Crippen LogP contribution in [0.2, 0.25) is 0 Å². The summed E-state index contributed by atoms with van der Waals surface area (Å²) in [6.45, 7) is 0.317. The van der Waals surface area contributed by atoms with Crippen molar-refractivity contribution in [2.45, 2.75) is 12.8 Å². The van der Waals surface area contributed by atoms with E-state index in [2.05, 4.69) is 14.8 Å². The fourth-order valence-electron chi connectivity index (χ4n) is 1.28. The van der Waals surface area contributed by atoms with Gasteiger partial charge >= 0.3 is 6.36 Å². The predicted octanol–water partition coefficient (Wildman–Crippen LogP) is 3.88. The molecule has 0 heterocycles. The number of halogens is 3. The van der Waals surface area contributed by atoms with Gasteiger partial charge in [-0.1, -0.05) is 23.3 Å². The number of ether oxygens (including phenoxy) is 1. The normalized spacial score (nSPS) is 11.3. The summed E-state index contributed by atoms with van der Waals surface area (Å²) in [6, 6.07) is 3.96. The van der Waals surface area contributed by atoms with Crippen molar-refractivity contribution in [3.8, 4) is 5.75 Å². The lowest BCUT2D eigenvalue weighted by molar-refractivity contribution is -0.274. The lowest BCUT2D eigenvalue weighted by atomic mass is 10.1. The molecule has 0 amide bonds. The van der Waals surface area contributed by atoms with E-state index in [1.165, 1.54) is 12.1 Å². The van der Waals surface area contributed by atoms with Crippen molar-refractivity contribution in [2.75, 3.05) is 12.3 Å². The number of alkyl halides is 3. The lowest BCUT2D eigenvalue weighted by Crippen LogP contribution is -2.18. The average molecular weight is 272 g/mol. The molecule has 0 aliphatic heterocycles. The number of benzene rings is 1. The van der Waals surface area contributed by atoms with Crippen LogP contribution in [0.4, 0.5) is 18.9 Å². The summed E-state index contributed by atoms with van der Waals surface area (Å²) >= 11 is 0. The molecule has 102 valence electrons. The fourth-order valence-corrected chi connectivity index (χ4v) is 1.28. The van der Waals surface area contributed by atoms with Crippen LogP contribution in [0.3, 0.4) is 0 Å². The van der Waals surface area contributed by atoms with Gasteiger partial charge in [0.15, 0.2) is 5.75 Å². The molecule has 1 rings (SSSR count). The first kappa shape index (κ1) is 14.7. The Morgan fingerprint density at radius 2 is 2.16 bits per heavy atom. The van der Waals surface area contributed by atoms with Crippen LogP contribution in [0.15, 0.2) is 29.4 Å². The first-order valence-electron chi connectivity index (χ1n) is 5.25. The standard InChI is InChI=1S/C11H11F3N4O/c12-11(13,14)19-10-5-4-8(7-9(10)15)3-1-2-6-17-18-16/h1,3-5,7H,2,6,15H2. The van der Waals surface area contributed by atoms with Crippen LogP contribution in [0, 0.1) is 0 Å². The van der Waals surface area contributed by atoms with E-state index < -0.39 is 12.1 Å². The van der Waals surface area contributed by atoms with E-state index in [0.29, 0.717) is 18.5 Å². The van der Waals surface area contributed by atoms with Gasteiger partial charge in [-0.25, -0.2) is 0 Å². The molecule has 0 aromatic heterocycles. The van der Waals surface area contributed by atoms with Gasteiger partial charge in [0.25, 0.3) is 0 Å². The summed E-state index contributed by atoms with van der Waals surface area (Å²) in [6.07, 6.45) is -0.833. The van der Waals surface area contributed by atoms with E-state index in [1.54, 1.807) is 12.2 Å². The maximum atomic E-state index is 12.0. The van der Waals surface area contributed by atoms with Gasteiger partial charge in [-0.05, 0) is 29.6 Å². The SMILES string of the molecule is [N-]=[N+]=NCCC=Cc1ccc(OC(F)(F)F)c(N)c1. The molecule has 0 bridgehead atoms. The quantitative estimate of drug-likeness (QED) is 0.290. The first-order chi connectivity index (χ1) is 8.92. The summed E-state index contributed by atoms with van der Waals surface area (Å²) in [4.78, 5) is 2.59. The van der Waals surface area contributed by atoms with Gasteiger partial charge in [-0.15, -0.1) is 13.2 Å². The highest BCUT2D eigenvalue weighted by Crippen LogP contribution is 2.29. The summed E-state index contributed by atoms with van der Waals surface area (Å²) in [5.41, 5.74) is 14.0. The van der Waals surface area contributed by atoms with Crippen molar-refractivity contribution < 1.29 is 17.9 Å². The van der Waals surface area contributed by atoms with Crippen LogP contribution in [-0.2, 0) is 0 Å². The number of nitrogens with zero attached hydrogens (tertiary/aromatic N) is 3. The molecule has 0 saturated heterocycles. The van der Waals surface area contributed by atoms with E-state index in [1.807, 2.05) is 0 Å². The molecular weight excluding hydrogens is 261 g/mol. The number of rotatable bonds is 5. The van der Waals surface area contributed by atoms with E-state index >= 15 is 0 Å². The molecule has 0 saturated carbocycles. The Morgan fingerprint density at radius 1 is 1.42 bits per heavy atom. The topological polar surface area (TPSA) is 84.0 Å². The Morgan fingerprint density at radius 3 is 2.74 bits per heavy atom. The third kappa shape index (κ3) is 5.69. The first-order valence-corrected chi connectivity index (χ1v) is 5.25. The van der Waals surface area contributed by atoms with Gasteiger partial charge in [0.2, 0.25) is 0 Å². The molecule has 0 aliphatic carbocycles. The minimum atomic E-state index is -4.76. The lowest BCUT2D eigenvalue weighted by Gasteiger charge is -2.11. The van der Waals surface area contributed by atoms with Crippen molar-refractivity contribution in [3.63, 3.8) is 0 Å². The van der Waals surface area contributed by atoms with Crippen LogP contribution in [0.5, 0.6) is 5.75 Å². The molecule has 1 aromatic carbocycles. The van der Waals surface area contributed by atoms with Crippen molar-refractivity contribution in [2.24, 2.45) is 5.11 Å². The zero-order valence-corrected chi connectivity index (χ0v) is 9.76. The number of hydrogen-bond acceptors (Lipinski definition) is 3. The van der Waals surface area contributed by atoms with Crippen LogP contribution >= 0.6 is 0 Å². The highest BCUT2D eigenvalue weighted by molar-refractivity contribution is 5.61. The number of hydrogen-bond donors (Lipinski definition) is 1. The second-order valence-corrected chi connectivity index (χ2v) is 3.49. The zero-order chi connectivity index (χ0) is 14.3. The predicted molar refractivity (Wildman–Crippen MR) is 65.2 cm³/mol. The Balaban J connectivity index is 2.68. The Bertz CT molecular complexity index is 507. The monoisotopic (exact) mass is 272 g/mol. The number of azide groups is 1. The van der Waals surface area contributed by atoms with Gasteiger partial charge in [0.1, 0.15) is 0 Å². The summed E-state index contributed by atoms with van der Waals surface area (Å²) in [5.74, 6) is -0.432. The maximum absolute atomic E-state index is 12.0. The Hall–Kier alpha value is -2.34. The van der Waals surface area contributed by atoms with E-state index in [0.717, 1.165) is 6.07 Å². The fraction of sp³-hybridized carbons (Fsp3) is 0.273. The molecule has 2 N–H and O–H groups in total. The maximum Gasteiger partial charge on any atom is 0.573 e. The molecule has 0 aliphatic rings. The number of anilines is 1. The Kier molecular flexibility index (Phi) is 5.08. The zero-order valence-electron chi connectivity index (χ0n) is 9.76. The van der Waals surface area contributed by atoms with Crippen LogP contribution < -0.4 is 10.5 Å². The third-order valence-electron chi connectivity index (χ3n) is 2.03. The van der Waals surface area contributed by atoms with E-state index in [9.17, 15) is 13.2 Å². The van der Waals surface area contributed by atoms with Gasteiger partial charge in [-0.2, -0.15) is 0 Å². The highest BCUT2D eigenvalue weighted by Gasteiger charge is 2.31. The van der Waals surface area contributed by atoms with Crippen LogP contribution in [0.25, 0.3) is 16.5 Å². The van der Waals surface area contributed by atoms with Gasteiger partial charge in [0.05, 0.1) is 5.69 Å². The molecule has 19 heavy (non-hydrogen) atoms. The Labute approximate surface area is 107 Å². The minimum Gasteiger partial charge on any atom is -0.404 e. The van der Waals surface area contributed by atoms with Crippen molar-refractivity contribution in [1.29, 1.82) is 0 Å². The number of nitrogen functional groups attached to an aromatic ring is 1. The largest absolute Gasteiger partial charge is 0.573 e. The molecular formula is C11H11F3N4O. The van der Waals surface area contributed by atoms with E-state index in [-0.39, 0.29) is 5.69 Å². The van der Waals surface area contributed by atoms with Crippen molar-refractivity contribution in [1.82, 2.24) is 0 Å². The average Bonchev–Trinajstić information content (AvgIpc) is 2.31. The molecule has 1 aromatic rings. The van der Waals surface area contributed by atoms with Crippen molar-refractivity contribution >= 4 is 11.8 Å². The van der Waals surface area contributed by atoms with Gasteiger partial charge < -0.3 is 10.5 Å². The molecule has 8 heteroatoms. The van der Waals surface area contributed by atoms with E-state index in [4.69, 9.17) is 11.3 Å². The summed E-state index contributed by atoms with van der Waals surface area (Å²) in [7, 11) is 0. The number of nitrogens with two attached hydrogens (primary N) is 1. The molecule has 0 fully saturated rings. The third-order valence-corrected chi connectivity index (χ3v) is 2.03. The molecule has 0 unspecified atom stereocenters. The molecule has 0 atom stereocenters. The highest BCUT2D eigenvalue weighted by atomic mass is 19.4. The molecule has 5 nitrogen and oxygen atoms in total. The summed E-state index contributed by atoms with van der Waals surface area (Å²) in [5, 5.41) is 3.33. The summed E-state index contributed by atoms with van der Waals surface area (Å²) < 4.78 is 39.8. The smallest absolute Gasteiger partial charge is 0.404 e. The van der Waals surface area contributed by atoms with Gasteiger partial charge in [-0.3, -0.25) is 0 Å². The van der Waals surface area contributed by atoms with Gasteiger partial charge in [0, 0.05) is 11.5 Å². The second-order valence-electron chi connectivity index (χ2n) is 3.49. The minimum absolute atomic E-state index is 0.102. The van der Waals surface area contributed by atoms with Crippen LogP contribution in [-0.4, -0.2) is 12.9 Å². The van der Waals surface area contributed by atoms with Crippen molar-refractivity contribution in [3.05, 3.63) is 40.3 Å². The molecule has 0 spiro atoms. The molecule has 0 radical (unpaired) electrons. The van der Waals surface area contributed by atoms with Crippen LogP contribution in [0.1, 0.15) is 12.0 Å².